The van der Waals surface area contributed by atoms with E-state index in [1.54, 1.807) is 32.9 Å². The van der Waals surface area contributed by atoms with Gasteiger partial charge in [-0.2, -0.15) is 0 Å². The predicted molar refractivity (Wildman–Crippen MR) is 121 cm³/mol. The number of esters is 2. The fourth-order valence-electron chi connectivity index (χ4n) is 3.06. The van der Waals surface area contributed by atoms with E-state index in [0.717, 1.165) is 22.5 Å². The summed E-state index contributed by atoms with van der Waals surface area (Å²) < 4.78 is 10.2. The first-order chi connectivity index (χ1) is 15.0. The lowest BCUT2D eigenvalue weighted by atomic mass is 10.0. The average molecular weight is 438 g/mol. The maximum Gasteiger partial charge on any atom is 0.348 e. The zero-order valence-electron chi connectivity index (χ0n) is 17.6. The van der Waals surface area contributed by atoms with Crippen molar-refractivity contribution in [2.45, 2.75) is 20.8 Å². The van der Waals surface area contributed by atoms with Gasteiger partial charge in [0.15, 0.2) is 0 Å². The molecule has 1 heterocycles. The summed E-state index contributed by atoms with van der Waals surface area (Å²) in [5, 5.41) is 3.01. The van der Waals surface area contributed by atoms with E-state index >= 15 is 0 Å². The SMILES string of the molecule is CCOC(=O)c1sc(NC(=O)c2ccc(-c3ccccc3)cc2)c(C(=O)OCC)c1C. The van der Waals surface area contributed by atoms with Crippen LogP contribution < -0.4 is 5.32 Å². The highest BCUT2D eigenvalue weighted by Crippen LogP contribution is 2.34. The molecule has 6 nitrogen and oxygen atoms in total. The van der Waals surface area contributed by atoms with Crippen molar-refractivity contribution in [3.05, 3.63) is 76.2 Å². The van der Waals surface area contributed by atoms with Gasteiger partial charge in [-0.05, 0) is 49.6 Å². The maximum absolute atomic E-state index is 12.8. The van der Waals surface area contributed by atoms with Crippen LogP contribution in [0.1, 0.15) is 49.8 Å². The smallest absolute Gasteiger partial charge is 0.348 e. The summed E-state index contributed by atoms with van der Waals surface area (Å²) in [4.78, 5) is 37.8. The number of rotatable bonds is 7. The van der Waals surface area contributed by atoms with Gasteiger partial charge in [0.1, 0.15) is 9.88 Å². The first kappa shape index (κ1) is 22.2. The Labute approximate surface area is 184 Å². The first-order valence-corrected chi connectivity index (χ1v) is 10.7. The van der Waals surface area contributed by atoms with Crippen LogP contribution in [0.4, 0.5) is 5.00 Å². The van der Waals surface area contributed by atoms with Crippen LogP contribution >= 0.6 is 11.3 Å². The summed E-state index contributed by atoms with van der Waals surface area (Å²) in [5.74, 6) is -1.52. The van der Waals surface area contributed by atoms with E-state index in [1.165, 1.54) is 0 Å². The van der Waals surface area contributed by atoms with E-state index in [-0.39, 0.29) is 34.6 Å². The van der Waals surface area contributed by atoms with E-state index in [0.29, 0.717) is 11.1 Å². The van der Waals surface area contributed by atoms with Gasteiger partial charge in [-0.25, -0.2) is 9.59 Å². The number of hydrogen-bond acceptors (Lipinski definition) is 6. The standard InChI is InChI=1S/C24H23NO5S/c1-4-29-23(27)19-15(3)20(24(28)30-5-2)31-22(19)25-21(26)18-13-11-17(12-14-18)16-9-7-6-8-10-16/h6-14H,4-5H2,1-3H3,(H,25,26). The Bertz CT molecular complexity index is 1090. The molecule has 160 valence electrons. The molecule has 0 unspecified atom stereocenters. The Morgan fingerprint density at radius 3 is 2.03 bits per heavy atom. The molecule has 0 spiro atoms. The number of benzene rings is 2. The molecule has 0 atom stereocenters. The molecule has 0 fully saturated rings. The molecule has 1 N–H and O–H groups in total. The molecule has 0 aliphatic carbocycles. The van der Waals surface area contributed by atoms with Gasteiger partial charge in [-0.1, -0.05) is 42.5 Å². The minimum Gasteiger partial charge on any atom is -0.462 e. The van der Waals surface area contributed by atoms with Gasteiger partial charge in [0.2, 0.25) is 0 Å². The Hall–Kier alpha value is -3.45. The van der Waals surface area contributed by atoms with Gasteiger partial charge in [-0.15, -0.1) is 11.3 Å². The fraction of sp³-hybridized carbons (Fsp3) is 0.208. The van der Waals surface area contributed by atoms with Crippen LogP contribution in [0.15, 0.2) is 54.6 Å². The highest BCUT2D eigenvalue weighted by atomic mass is 32.1. The van der Waals surface area contributed by atoms with Crippen LogP contribution in [-0.2, 0) is 9.47 Å². The van der Waals surface area contributed by atoms with Crippen molar-refractivity contribution in [3.63, 3.8) is 0 Å². The Balaban J connectivity index is 1.88. The van der Waals surface area contributed by atoms with Crippen molar-refractivity contribution in [1.82, 2.24) is 0 Å². The fourth-order valence-corrected chi connectivity index (χ4v) is 4.15. The zero-order valence-corrected chi connectivity index (χ0v) is 18.4. The number of ether oxygens (including phenoxy) is 2. The number of nitrogens with one attached hydrogen (secondary N) is 1. The number of hydrogen-bond donors (Lipinski definition) is 1. The largest absolute Gasteiger partial charge is 0.462 e. The number of amides is 1. The molecule has 0 aliphatic rings. The molecular formula is C24H23NO5S. The molecule has 1 aromatic heterocycles. The molecule has 0 radical (unpaired) electrons. The van der Waals surface area contributed by atoms with Crippen molar-refractivity contribution in [2.75, 3.05) is 18.5 Å². The first-order valence-electron chi connectivity index (χ1n) is 9.90. The second kappa shape index (κ2) is 10.0. The lowest BCUT2D eigenvalue weighted by Gasteiger charge is -2.08. The third-order valence-electron chi connectivity index (χ3n) is 4.57. The van der Waals surface area contributed by atoms with Crippen molar-refractivity contribution < 1.29 is 23.9 Å². The van der Waals surface area contributed by atoms with Gasteiger partial charge >= 0.3 is 11.9 Å². The van der Waals surface area contributed by atoms with Crippen molar-refractivity contribution in [2.24, 2.45) is 0 Å². The summed E-state index contributed by atoms with van der Waals surface area (Å²) in [6, 6.07) is 17.0. The van der Waals surface area contributed by atoms with Crippen LogP contribution in [0.5, 0.6) is 0 Å². The quantitative estimate of drug-likeness (QED) is 0.505. The predicted octanol–water partition coefficient (Wildman–Crippen LogP) is 5.33. The minimum absolute atomic E-state index is 0.171. The summed E-state index contributed by atoms with van der Waals surface area (Å²) in [7, 11) is 0. The maximum atomic E-state index is 12.8. The molecular weight excluding hydrogens is 414 g/mol. The summed E-state index contributed by atoms with van der Waals surface area (Å²) in [5.41, 5.74) is 3.06. The topological polar surface area (TPSA) is 81.7 Å². The van der Waals surface area contributed by atoms with Gasteiger partial charge in [0.05, 0.1) is 18.8 Å². The van der Waals surface area contributed by atoms with Gasteiger partial charge in [-0.3, -0.25) is 4.79 Å². The van der Waals surface area contributed by atoms with E-state index in [1.807, 2.05) is 42.5 Å². The minimum atomic E-state index is -0.596. The molecule has 1 amide bonds. The molecule has 31 heavy (non-hydrogen) atoms. The highest BCUT2D eigenvalue weighted by Gasteiger charge is 2.27. The summed E-state index contributed by atoms with van der Waals surface area (Å²) >= 11 is 1.00. The van der Waals surface area contributed by atoms with Crippen molar-refractivity contribution in [1.29, 1.82) is 0 Å². The lowest BCUT2D eigenvalue weighted by Crippen LogP contribution is -2.15. The van der Waals surface area contributed by atoms with Gasteiger partial charge in [0, 0.05) is 5.56 Å². The van der Waals surface area contributed by atoms with Crippen molar-refractivity contribution in [3.8, 4) is 11.1 Å². The molecule has 0 aliphatic heterocycles. The molecule has 0 saturated heterocycles. The number of carbonyl (C=O) groups excluding carboxylic acids is 3. The van der Waals surface area contributed by atoms with E-state index in [2.05, 4.69) is 5.32 Å². The molecule has 0 bridgehead atoms. The van der Waals surface area contributed by atoms with Crippen molar-refractivity contribution >= 4 is 34.2 Å². The Morgan fingerprint density at radius 2 is 1.42 bits per heavy atom. The van der Waals surface area contributed by atoms with Crippen LogP contribution in [0, 0.1) is 6.92 Å². The van der Waals surface area contributed by atoms with Crippen LogP contribution in [0.3, 0.4) is 0 Å². The second-order valence-electron chi connectivity index (χ2n) is 6.60. The molecule has 2 aromatic carbocycles. The second-order valence-corrected chi connectivity index (χ2v) is 7.62. The number of anilines is 1. The third kappa shape index (κ3) is 5.00. The average Bonchev–Trinajstić information content (AvgIpc) is 3.10. The van der Waals surface area contributed by atoms with E-state index < -0.39 is 11.9 Å². The van der Waals surface area contributed by atoms with Gasteiger partial charge in [0.25, 0.3) is 5.91 Å². The highest BCUT2D eigenvalue weighted by molar-refractivity contribution is 7.18. The normalized spacial score (nSPS) is 10.4. The zero-order chi connectivity index (χ0) is 22.4. The van der Waals surface area contributed by atoms with Crippen LogP contribution in [0.25, 0.3) is 11.1 Å². The molecule has 3 aromatic rings. The Kier molecular flexibility index (Phi) is 7.20. The van der Waals surface area contributed by atoms with E-state index in [9.17, 15) is 14.4 Å². The Morgan fingerprint density at radius 1 is 0.839 bits per heavy atom. The summed E-state index contributed by atoms with van der Waals surface area (Å²) in [6.07, 6.45) is 0. The molecule has 0 saturated carbocycles. The van der Waals surface area contributed by atoms with Gasteiger partial charge < -0.3 is 14.8 Å². The monoisotopic (exact) mass is 437 g/mol. The van der Waals surface area contributed by atoms with E-state index in [4.69, 9.17) is 9.47 Å². The molecule has 7 heteroatoms. The number of carbonyl (C=O) groups is 3. The lowest BCUT2D eigenvalue weighted by molar-refractivity contribution is 0.0527. The summed E-state index contributed by atoms with van der Waals surface area (Å²) in [6.45, 7) is 5.42. The van der Waals surface area contributed by atoms with Crippen LogP contribution in [0.2, 0.25) is 0 Å². The van der Waals surface area contributed by atoms with Crippen LogP contribution in [-0.4, -0.2) is 31.1 Å². The molecule has 3 rings (SSSR count). The number of thiophene rings is 1. The third-order valence-corrected chi connectivity index (χ3v) is 5.76.